The molecule has 2 aromatic carbocycles. The summed E-state index contributed by atoms with van der Waals surface area (Å²) in [6.45, 7) is 1.47. The van der Waals surface area contributed by atoms with Crippen molar-refractivity contribution in [2.75, 3.05) is 18.4 Å². The first-order chi connectivity index (χ1) is 14.5. The number of hydrogen-bond donors (Lipinski definition) is 1. The highest BCUT2D eigenvalue weighted by Crippen LogP contribution is 2.30. The Morgan fingerprint density at radius 1 is 1.10 bits per heavy atom. The maximum absolute atomic E-state index is 12.8. The van der Waals surface area contributed by atoms with Crippen molar-refractivity contribution in [1.29, 1.82) is 0 Å². The van der Waals surface area contributed by atoms with Crippen LogP contribution in [0.25, 0.3) is 10.6 Å². The Kier molecular flexibility index (Phi) is 6.37. The Morgan fingerprint density at radius 3 is 2.63 bits per heavy atom. The van der Waals surface area contributed by atoms with E-state index >= 15 is 0 Å². The smallest absolute Gasteiger partial charge is 0.255 e. The van der Waals surface area contributed by atoms with Crippen molar-refractivity contribution in [2.45, 2.75) is 19.3 Å². The fraction of sp³-hybridized carbons (Fsp3) is 0.227. The number of rotatable bonds is 5. The fourth-order valence-electron chi connectivity index (χ4n) is 3.40. The van der Waals surface area contributed by atoms with Crippen molar-refractivity contribution in [3.8, 4) is 10.6 Å². The van der Waals surface area contributed by atoms with Gasteiger partial charge in [0.1, 0.15) is 5.01 Å². The molecule has 1 saturated heterocycles. The molecule has 1 aliphatic heterocycles. The van der Waals surface area contributed by atoms with E-state index in [2.05, 4.69) is 10.3 Å². The van der Waals surface area contributed by atoms with Gasteiger partial charge in [-0.2, -0.15) is 0 Å². The molecule has 0 spiro atoms. The Bertz CT molecular complexity index is 1090. The highest BCUT2D eigenvalue weighted by molar-refractivity contribution is 7.13. The van der Waals surface area contributed by atoms with E-state index < -0.39 is 0 Å². The molecule has 1 N–H and O–H groups in total. The van der Waals surface area contributed by atoms with Crippen molar-refractivity contribution >= 4 is 52.0 Å². The molecule has 2 heterocycles. The number of carbonyl (C=O) groups is 2. The third kappa shape index (κ3) is 4.67. The normalized spacial score (nSPS) is 13.5. The van der Waals surface area contributed by atoms with Crippen LogP contribution in [0.5, 0.6) is 0 Å². The molecule has 5 nitrogen and oxygen atoms in total. The topological polar surface area (TPSA) is 62.3 Å². The van der Waals surface area contributed by atoms with Gasteiger partial charge in [-0.3, -0.25) is 9.59 Å². The molecule has 1 fully saturated rings. The van der Waals surface area contributed by atoms with Gasteiger partial charge >= 0.3 is 0 Å². The molecule has 8 heteroatoms. The lowest BCUT2D eigenvalue weighted by molar-refractivity contribution is -0.115. The summed E-state index contributed by atoms with van der Waals surface area (Å²) in [5.74, 6) is -0.349. The van der Waals surface area contributed by atoms with E-state index in [1.54, 1.807) is 23.1 Å². The van der Waals surface area contributed by atoms with Gasteiger partial charge in [0.2, 0.25) is 5.91 Å². The molecule has 0 saturated carbocycles. The number of benzene rings is 2. The van der Waals surface area contributed by atoms with E-state index in [9.17, 15) is 9.59 Å². The lowest BCUT2D eigenvalue weighted by Crippen LogP contribution is -2.29. The molecule has 0 bridgehead atoms. The van der Waals surface area contributed by atoms with Gasteiger partial charge in [0.05, 0.1) is 28.4 Å². The Labute approximate surface area is 188 Å². The number of likely N-dealkylation sites (tertiary alicyclic amines) is 1. The number of halogens is 2. The standard InChI is InChI=1S/C22H19Cl2N3O2S/c23-14-7-8-17(22(29)27-9-3-4-10-27)19(11-14)26-20(28)12-15-13-30-21(25-15)16-5-1-2-6-18(16)24/h1-2,5-8,11,13H,3-4,9-10,12H2,(H,26,28). The highest BCUT2D eigenvalue weighted by atomic mass is 35.5. The zero-order chi connectivity index (χ0) is 21.1. The van der Waals surface area contributed by atoms with Crippen molar-refractivity contribution in [1.82, 2.24) is 9.88 Å². The van der Waals surface area contributed by atoms with E-state index in [-0.39, 0.29) is 18.2 Å². The van der Waals surface area contributed by atoms with Crippen LogP contribution in [-0.2, 0) is 11.2 Å². The second kappa shape index (κ2) is 9.16. The van der Waals surface area contributed by atoms with Gasteiger partial charge in [-0.1, -0.05) is 41.4 Å². The molecule has 0 aliphatic carbocycles. The molecule has 0 unspecified atom stereocenters. The number of carbonyl (C=O) groups excluding carboxylic acids is 2. The van der Waals surface area contributed by atoms with Gasteiger partial charge in [-0.05, 0) is 37.1 Å². The number of nitrogens with zero attached hydrogens (tertiary/aromatic N) is 2. The van der Waals surface area contributed by atoms with Crippen LogP contribution in [0.4, 0.5) is 5.69 Å². The first-order valence-electron chi connectivity index (χ1n) is 9.59. The summed E-state index contributed by atoms with van der Waals surface area (Å²) in [6, 6.07) is 12.4. The summed E-state index contributed by atoms with van der Waals surface area (Å²) < 4.78 is 0. The van der Waals surface area contributed by atoms with Crippen molar-refractivity contribution < 1.29 is 9.59 Å². The summed E-state index contributed by atoms with van der Waals surface area (Å²) in [5.41, 5.74) is 2.35. The Hall–Kier alpha value is -2.41. The van der Waals surface area contributed by atoms with Crippen LogP contribution in [0, 0.1) is 0 Å². The van der Waals surface area contributed by atoms with Crippen LogP contribution < -0.4 is 5.32 Å². The SMILES string of the molecule is O=C(Cc1csc(-c2ccccc2Cl)n1)Nc1cc(Cl)ccc1C(=O)N1CCCC1. The van der Waals surface area contributed by atoms with Crippen LogP contribution >= 0.6 is 34.5 Å². The van der Waals surface area contributed by atoms with E-state index in [0.29, 0.717) is 27.0 Å². The van der Waals surface area contributed by atoms with E-state index in [1.165, 1.54) is 11.3 Å². The molecule has 154 valence electrons. The summed E-state index contributed by atoms with van der Waals surface area (Å²) in [5, 5.41) is 6.51. The van der Waals surface area contributed by atoms with E-state index in [1.807, 2.05) is 29.6 Å². The van der Waals surface area contributed by atoms with Crippen molar-refractivity contribution in [2.24, 2.45) is 0 Å². The van der Waals surface area contributed by atoms with Gasteiger partial charge in [-0.25, -0.2) is 4.98 Å². The van der Waals surface area contributed by atoms with Crippen molar-refractivity contribution in [3.63, 3.8) is 0 Å². The van der Waals surface area contributed by atoms with Crippen LogP contribution in [0.2, 0.25) is 10.0 Å². The summed E-state index contributed by atoms with van der Waals surface area (Å²) >= 11 is 13.8. The summed E-state index contributed by atoms with van der Waals surface area (Å²) in [7, 11) is 0. The van der Waals surface area contributed by atoms with Crippen LogP contribution in [-0.4, -0.2) is 34.8 Å². The number of amides is 2. The van der Waals surface area contributed by atoms with Gasteiger partial charge in [0.25, 0.3) is 5.91 Å². The molecule has 1 aromatic heterocycles. The van der Waals surface area contributed by atoms with Gasteiger partial charge in [0, 0.05) is 29.1 Å². The molecular formula is C22H19Cl2N3O2S. The highest BCUT2D eigenvalue weighted by Gasteiger charge is 2.23. The number of anilines is 1. The first-order valence-corrected chi connectivity index (χ1v) is 11.2. The van der Waals surface area contributed by atoms with Crippen LogP contribution in [0.15, 0.2) is 47.8 Å². The van der Waals surface area contributed by atoms with E-state index in [0.717, 1.165) is 36.5 Å². The average molecular weight is 460 g/mol. The molecule has 0 atom stereocenters. The third-order valence-electron chi connectivity index (χ3n) is 4.88. The summed E-state index contributed by atoms with van der Waals surface area (Å²) in [6.07, 6.45) is 2.09. The predicted octanol–water partition coefficient (Wildman–Crippen LogP) is 5.53. The molecule has 3 aromatic rings. The molecule has 4 rings (SSSR count). The Morgan fingerprint density at radius 2 is 1.87 bits per heavy atom. The van der Waals surface area contributed by atoms with Crippen LogP contribution in [0.3, 0.4) is 0 Å². The minimum Gasteiger partial charge on any atom is -0.339 e. The minimum atomic E-state index is -0.260. The average Bonchev–Trinajstić information content (AvgIpc) is 3.40. The lowest BCUT2D eigenvalue weighted by atomic mass is 10.1. The molecular weight excluding hydrogens is 441 g/mol. The second-order valence-corrected chi connectivity index (χ2v) is 8.74. The molecule has 1 aliphatic rings. The third-order valence-corrected chi connectivity index (χ3v) is 6.37. The van der Waals surface area contributed by atoms with E-state index in [4.69, 9.17) is 23.2 Å². The lowest BCUT2D eigenvalue weighted by Gasteiger charge is -2.18. The van der Waals surface area contributed by atoms with Gasteiger partial charge in [0.15, 0.2) is 0 Å². The zero-order valence-electron chi connectivity index (χ0n) is 16.0. The Balaban J connectivity index is 1.49. The number of hydrogen-bond acceptors (Lipinski definition) is 4. The minimum absolute atomic E-state index is 0.0881. The summed E-state index contributed by atoms with van der Waals surface area (Å²) in [4.78, 5) is 31.8. The van der Waals surface area contributed by atoms with Crippen molar-refractivity contribution in [3.05, 3.63) is 69.1 Å². The zero-order valence-corrected chi connectivity index (χ0v) is 18.4. The van der Waals surface area contributed by atoms with Gasteiger partial charge in [-0.15, -0.1) is 11.3 Å². The number of nitrogens with one attached hydrogen (secondary N) is 1. The van der Waals surface area contributed by atoms with Gasteiger partial charge < -0.3 is 10.2 Å². The quantitative estimate of drug-likeness (QED) is 0.544. The predicted molar refractivity (Wildman–Crippen MR) is 121 cm³/mol. The largest absolute Gasteiger partial charge is 0.339 e. The molecule has 30 heavy (non-hydrogen) atoms. The van der Waals surface area contributed by atoms with Crippen LogP contribution in [0.1, 0.15) is 28.9 Å². The second-order valence-electron chi connectivity index (χ2n) is 7.04. The maximum Gasteiger partial charge on any atom is 0.255 e. The number of thiazole rings is 1. The fourth-order valence-corrected chi connectivity index (χ4v) is 4.71. The monoisotopic (exact) mass is 459 g/mol. The first kappa shape index (κ1) is 20.8. The molecule has 0 radical (unpaired) electrons. The molecule has 2 amide bonds. The number of aromatic nitrogens is 1. The maximum atomic E-state index is 12.8.